The molecular weight excluding hydrogens is 435 g/mol. The van der Waals surface area contributed by atoms with Crippen LogP contribution in [-0.2, 0) is 4.79 Å². The molecule has 34 heavy (non-hydrogen) atoms. The summed E-state index contributed by atoms with van der Waals surface area (Å²) >= 11 is 0. The third kappa shape index (κ3) is 3.88. The van der Waals surface area contributed by atoms with E-state index in [2.05, 4.69) is 25.7 Å². The van der Waals surface area contributed by atoms with Crippen molar-refractivity contribution in [2.45, 2.75) is 13.0 Å². The van der Waals surface area contributed by atoms with E-state index in [-0.39, 0.29) is 11.7 Å². The molecule has 0 spiro atoms. The Kier molecular flexibility index (Phi) is 5.51. The van der Waals surface area contributed by atoms with Gasteiger partial charge in [0.2, 0.25) is 5.95 Å². The molecular formula is C25H21FN6O2. The molecule has 8 nitrogen and oxygen atoms in total. The Balaban J connectivity index is 1.58. The van der Waals surface area contributed by atoms with Gasteiger partial charge in [0.25, 0.3) is 5.91 Å². The lowest BCUT2D eigenvalue weighted by Crippen LogP contribution is -2.32. The number of rotatable bonds is 5. The number of methoxy groups -OCH3 is 1. The van der Waals surface area contributed by atoms with Crippen LogP contribution < -0.4 is 15.4 Å². The maximum absolute atomic E-state index is 13.6. The molecule has 1 aliphatic heterocycles. The average molecular weight is 456 g/mol. The Morgan fingerprint density at radius 3 is 2.59 bits per heavy atom. The standard InChI is InChI=1S/C25H21FN6O2/c1-15-21(24(33)29-18-7-3-4-9-20(18)34-2)22(19-8-5-6-14-27-19)32-25(28-15)30-23(31-32)16-10-12-17(26)13-11-16/h3-14,22H,1-2H3,(H,29,33)(H,28,30,31)/t22-/m0/s1. The van der Waals surface area contributed by atoms with Gasteiger partial charge in [0, 0.05) is 17.5 Å². The first-order valence-electron chi connectivity index (χ1n) is 10.6. The van der Waals surface area contributed by atoms with E-state index in [1.807, 2.05) is 37.3 Å². The molecule has 9 heteroatoms. The maximum Gasteiger partial charge on any atom is 0.256 e. The summed E-state index contributed by atoms with van der Waals surface area (Å²) in [5.41, 5.74) is 2.89. The van der Waals surface area contributed by atoms with Crippen molar-refractivity contribution < 1.29 is 13.9 Å². The van der Waals surface area contributed by atoms with Gasteiger partial charge in [0.05, 0.1) is 24.1 Å². The normalized spacial score (nSPS) is 14.9. The van der Waals surface area contributed by atoms with Crippen molar-refractivity contribution in [2.75, 3.05) is 17.7 Å². The van der Waals surface area contributed by atoms with E-state index in [1.54, 1.807) is 42.3 Å². The number of nitrogens with one attached hydrogen (secondary N) is 2. The smallest absolute Gasteiger partial charge is 0.256 e. The van der Waals surface area contributed by atoms with Crippen LogP contribution in [0, 0.1) is 5.82 Å². The third-order valence-electron chi connectivity index (χ3n) is 5.52. The predicted octanol–water partition coefficient (Wildman–Crippen LogP) is 4.42. The molecule has 1 amide bonds. The molecule has 0 saturated carbocycles. The number of para-hydroxylation sites is 2. The number of pyridine rings is 1. The molecule has 0 radical (unpaired) electrons. The summed E-state index contributed by atoms with van der Waals surface area (Å²) in [5, 5.41) is 10.8. The fourth-order valence-corrected chi connectivity index (χ4v) is 3.92. The lowest BCUT2D eigenvalue weighted by atomic mass is 9.98. The zero-order valence-electron chi connectivity index (χ0n) is 18.5. The molecule has 2 aromatic carbocycles. The van der Waals surface area contributed by atoms with Gasteiger partial charge < -0.3 is 15.4 Å². The van der Waals surface area contributed by atoms with Crippen LogP contribution in [0.5, 0.6) is 5.75 Å². The van der Waals surface area contributed by atoms with E-state index in [9.17, 15) is 9.18 Å². The Bertz CT molecular complexity index is 1380. The van der Waals surface area contributed by atoms with Crippen LogP contribution in [0.3, 0.4) is 0 Å². The highest BCUT2D eigenvalue weighted by Crippen LogP contribution is 2.36. The van der Waals surface area contributed by atoms with Crippen LogP contribution in [0.2, 0.25) is 0 Å². The van der Waals surface area contributed by atoms with Crippen molar-refractivity contribution in [1.29, 1.82) is 0 Å². The number of hydrogen-bond donors (Lipinski definition) is 2. The summed E-state index contributed by atoms with van der Waals surface area (Å²) < 4.78 is 20.4. The summed E-state index contributed by atoms with van der Waals surface area (Å²) in [7, 11) is 1.55. The zero-order valence-corrected chi connectivity index (χ0v) is 18.5. The van der Waals surface area contributed by atoms with Crippen molar-refractivity contribution in [2.24, 2.45) is 0 Å². The third-order valence-corrected chi connectivity index (χ3v) is 5.52. The monoisotopic (exact) mass is 456 g/mol. The van der Waals surface area contributed by atoms with Crippen molar-refractivity contribution in [1.82, 2.24) is 19.7 Å². The zero-order chi connectivity index (χ0) is 23.7. The molecule has 0 saturated heterocycles. The van der Waals surface area contributed by atoms with E-state index >= 15 is 0 Å². The first kappa shape index (κ1) is 21.3. The van der Waals surface area contributed by atoms with Crippen molar-refractivity contribution in [3.05, 3.63) is 95.7 Å². The molecule has 2 N–H and O–H groups in total. The van der Waals surface area contributed by atoms with Crippen LogP contribution in [0.25, 0.3) is 11.4 Å². The number of anilines is 2. The fraction of sp³-hybridized carbons (Fsp3) is 0.120. The molecule has 3 heterocycles. The number of halogens is 1. The van der Waals surface area contributed by atoms with E-state index in [1.165, 1.54) is 12.1 Å². The van der Waals surface area contributed by atoms with Crippen LogP contribution in [0.15, 0.2) is 84.2 Å². The van der Waals surface area contributed by atoms with Crippen LogP contribution in [0.1, 0.15) is 18.7 Å². The average Bonchev–Trinajstić information content (AvgIpc) is 3.28. The maximum atomic E-state index is 13.6. The molecule has 4 aromatic rings. The number of nitrogens with zero attached hydrogens (tertiary/aromatic N) is 4. The number of carbonyl (C=O) groups is 1. The van der Waals surface area contributed by atoms with Gasteiger partial charge in [0.1, 0.15) is 17.6 Å². The minimum Gasteiger partial charge on any atom is -0.495 e. The Morgan fingerprint density at radius 2 is 1.85 bits per heavy atom. The molecule has 0 unspecified atom stereocenters. The summed E-state index contributed by atoms with van der Waals surface area (Å²) in [6, 6.07) is 18.0. The van der Waals surface area contributed by atoms with Gasteiger partial charge in [-0.2, -0.15) is 4.98 Å². The fourth-order valence-electron chi connectivity index (χ4n) is 3.92. The number of hydrogen-bond acceptors (Lipinski definition) is 6. The molecule has 0 fully saturated rings. The van der Waals surface area contributed by atoms with Crippen LogP contribution >= 0.6 is 0 Å². The first-order chi connectivity index (χ1) is 16.5. The van der Waals surface area contributed by atoms with E-state index < -0.39 is 6.04 Å². The van der Waals surface area contributed by atoms with Gasteiger partial charge >= 0.3 is 0 Å². The first-order valence-corrected chi connectivity index (χ1v) is 10.6. The van der Waals surface area contributed by atoms with E-state index in [0.29, 0.717) is 45.7 Å². The lowest BCUT2D eigenvalue weighted by molar-refractivity contribution is -0.113. The molecule has 0 bridgehead atoms. The van der Waals surface area contributed by atoms with Gasteiger partial charge in [-0.25, -0.2) is 9.07 Å². The lowest BCUT2D eigenvalue weighted by Gasteiger charge is -2.28. The van der Waals surface area contributed by atoms with Crippen molar-refractivity contribution in [3.8, 4) is 17.1 Å². The second kappa shape index (κ2) is 8.78. The molecule has 5 rings (SSSR count). The molecule has 0 aliphatic carbocycles. The van der Waals surface area contributed by atoms with Gasteiger partial charge in [-0.3, -0.25) is 9.78 Å². The van der Waals surface area contributed by atoms with Gasteiger partial charge in [-0.05, 0) is 55.5 Å². The highest BCUT2D eigenvalue weighted by molar-refractivity contribution is 6.06. The number of allylic oxidation sites excluding steroid dienone is 1. The summed E-state index contributed by atoms with van der Waals surface area (Å²) in [4.78, 5) is 22.6. The Labute approximate surface area is 195 Å². The summed E-state index contributed by atoms with van der Waals surface area (Å²) in [6.45, 7) is 1.81. The molecule has 2 aromatic heterocycles. The van der Waals surface area contributed by atoms with Gasteiger partial charge in [-0.1, -0.05) is 18.2 Å². The quantitative estimate of drug-likeness (QED) is 0.462. The topological polar surface area (TPSA) is 94.0 Å². The van der Waals surface area contributed by atoms with Crippen molar-refractivity contribution in [3.63, 3.8) is 0 Å². The highest BCUT2D eigenvalue weighted by Gasteiger charge is 2.35. The molecule has 170 valence electrons. The number of carbonyl (C=O) groups excluding carboxylic acids is 1. The van der Waals surface area contributed by atoms with Crippen molar-refractivity contribution >= 4 is 17.5 Å². The predicted molar refractivity (Wildman–Crippen MR) is 126 cm³/mol. The van der Waals surface area contributed by atoms with Gasteiger partial charge in [0.15, 0.2) is 5.82 Å². The summed E-state index contributed by atoms with van der Waals surface area (Å²) in [5.74, 6) is 0.746. The number of benzene rings is 2. The van der Waals surface area contributed by atoms with Crippen LogP contribution in [0.4, 0.5) is 16.0 Å². The largest absolute Gasteiger partial charge is 0.495 e. The number of aromatic nitrogens is 4. The number of amides is 1. The number of fused-ring (bicyclic) bond motifs is 1. The Morgan fingerprint density at radius 1 is 1.09 bits per heavy atom. The second-order valence-corrected chi connectivity index (χ2v) is 7.69. The van der Waals surface area contributed by atoms with Gasteiger partial charge in [-0.15, -0.1) is 5.10 Å². The second-order valence-electron chi connectivity index (χ2n) is 7.69. The summed E-state index contributed by atoms with van der Waals surface area (Å²) in [6.07, 6.45) is 1.67. The Hall–Kier alpha value is -4.53. The van der Waals surface area contributed by atoms with Crippen LogP contribution in [-0.4, -0.2) is 32.8 Å². The van der Waals surface area contributed by atoms with E-state index in [4.69, 9.17) is 4.74 Å². The molecule has 1 aliphatic rings. The molecule has 1 atom stereocenters. The highest BCUT2D eigenvalue weighted by atomic mass is 19.1. The SMILES string of the molecule is COc1ccccc1NC(=O)C1=C(C)Nc2nc(-c3ccc(F)cc3)nn2[C@H]1c1ccccn1. The van der Waals surface area contributed by atoms with E-state index in [0.717, 1.165) is 0 Å². The number of ether oxygens (including phenoxy) is 1. The minimum atomic E-state index is -0.631. The minimum absolute atomic E-state index is 0.324.